The van der Waals surface area contributed by atoms with Gasteiger partial charge in [-0.3, -0.25) is 4.90 Å². The summed E-state index contributed by atoms with van der Waals surface area (Å²) in [5.74, 6) is 0. The highest BCUT2D eigenvalue weighted by molar-refractivity contribution is 4.81. The largest absolute Gasteiger partial charge is 0.379 e. The van der Waals surface area contributed by atoms with Crippen molar-refractivity contribution in [1.29, 1.82) is 0 Å². The second-order valence-corrected chi connectivity index (χ2v) is 3.22. The zero-order valence-corrected chi connectivity index (χ0v) is 6.83. The monoisotopic (exact) mass is 155 g/mol. The fraction of sp³-hybridized carbons (Fsp3) is 1.00. The Balaban J connectivity index is 1.82. The second-order valence-electron chi connectivity index (χ2n) is 3.22. The van der Waals surface area contributed by atoms with E-state index in [4.69, 9.17) is 4.74 Å². The molecular formula is C8H15N2O. The van der Waals surface area contributed by atoms with Crippen LogP contribution in [-0.4, -0.2) is 50.3 Å². The average Bonchev–Trinajstić information content (AvgIpc) is 2.58. The minimum atomic E-state index is 0.735. The van der Waals surface area contributed by atoms with Crippen LogP contribution in [0.5, 0.6) is 0 Å². The molecule has 1 radical (unpaired) electrons. The predicted molar refractivity (Wildman–Crippen MR) is 42.7 cm³/mol. The van der Waals surface area contributed by atoms with E-state index in [-0.39, 0.29) is 0 Å². The lowest BCUT2D eigenvalue weighted by atomic mass is 10.2. The Labute approximate surface area is 67.7 Å². The van der Waals surface area contributed by atoms with Crippen LogP contribution in [0.15, 0.2) is 0 Å². The van der Waals surface area contributed by atoms with E-state index in [1.54, 1.807) is 0 Å². The SMILES string of the molecule is C1C[C@H](N2CCOCC2)C[N]1. The summed E-state index contributed by atoms with van der Waals surface area (Å²) in [6.45, 7) is 6.18. The van der Waals surface area contributed by atoms with Crippen LogP contribution >= 0.6 is 0 Å². The molecule has 0 unspecified atom stereocenters. The number of morpholine rings is 1. The fourth-order valence-corrected chi connectivity index (χ4v) is 1.81. The van der Waals surface area contributed by atoms with Crippen LogP contribution in [0.4, 0.5) is 0 Å². The molecule has 3 heteroatoms. The van der Waals surface area contributed by atoms with E-state index in [2.05, 4.69) is 10.2 Å². The lowest BCUT2D eigenvalue weighted by molar-refractivity contribution is 0.0205. The number of nitrogens with zero attached hydrogens (tertiary/aromatic N) is 2. The molecule has 63 valence electrons. The Hall–Kier alpha value is -0.120. The van der Waals surface area contributed by atoms with Gasteiger partial charge in [0.1, 0.15) is 0 Å². The van der Waals surface area contributed by atoms with Gasteiger partial charge in [0.05, 0.1) is 13.2 Å². The third-order valence-electron chi connectivity index (χ3n) is 2.52. The Kier molecular flexibility index (Phi) is 2.41. The molecule has 0 N–H and O–H groups in total. The van der Waals surface area contributed by atoms with E-state index in [0.29, 0.717) is 0 Å². The van der Waals surface area contributed by atoms with E-state index in [0.717, 1.165) is 45.4 Å². The summed E-state index contributed by atoms with van der Waals surface area (Å²) in [5.41, 5.74) is 0. The highest BCUT2D eigenvalue weighted by Gasteiger charge is 2.23. The minimum absolute atomic E-state index is 0.735. The summed E-state index contributed by atoms with van der Waals surface area (Å²) >= 11 is 0. The van der Waals surface area contributed by atoms with E-state index in [1.165, 1.54) is 6.42 Å². The molecule has 2 saturated heterocycles. The van der Waals surface area contributed by atoms with Gasteiger partial charge in [-0.25, -0.2) is 5.32 Å². The Morgan fingerprint density at radius 3 is 2.73 bits per heavy atom. The Morgan fingerprint density at radius 2 is 2.09 bits per heavy atom. The maximum absolute atomic E-state index is 5.29. The van der Waals surface area contributed by atoms with Crippen LogP contribution < -0.4 is 5.32 Å². The van der Waals surface area contributed by atoms with Crippen LogP contribution in [0.1, 0.15) is 6.42 Å². The van der Waals surface area contributed by atoms with Gasteiger partial charge in [-0.1, -0.05) is 0 Å². The van der Waals surface area contributed by atoms with Crippen molar-refractivity contribution in [3.8, 4) is 0 Å². The first-order valence-corrected chi connectivity index (χ1v) is 4.42. The number of rotatable bonds is 1. The van der Waals surface area contributed by atoms with Crippen molar-refractivity contribution >= 4 is 0 Å². The van der Waals surface area contributed by atoms with Crippen LogP contribution in [0.25, 0.3) is 0 Å². The van der Waals surface area contributed by atoms with Gasteiger partial charge in [0.15, 0.2) is 0 Å². The van der Waals surface area contributed by atoms with Crippen LogP contribution in [0.3, 0.4) is 0 Å². The first-order chi connectivity index (χ1) is 5.47. The van der Waals surface area contributed by atoms with Crippen molar-refractivity contribution in [2.24, 2.45) is 0 Å². The first kappa shape index (κ1) is 7.53. The van der Waals surface area contributed by atoms with Gasteiger partial charge in [0.2, 0.25) is 0 Å². The second kappa shape index (κ2) is 3.52. The third kappa shape index (κ3) is 1.72. The smallest absolute Gasteiger partial charge is 0.0594 e. The summed E-state index contributed by atoms with van der Waals surface area (Å²) in [6, 6.07) is 0.735. The zero-order chi connectivity index (χ0) is 7.52. The third-order valence-corrected chi connectivity index (χ3v) is 2.52. The minimum Gasteiger partial charge on any atom is -0.379 e. The Morgan fingerprint density at radius 1 is 1.27 bits per heavy atom. The van der Waals surface area contributed by atoms with Crippen molar-refractivity contribution in [3.63, 3.8) is 0 Å². The molecule has 0 aromatic heterocycles. The summed E-state index contributed by atoms with van der Waals surface area (Å²) < 4.78 is 5.29. The molecular weight excluding hydrogens is 140 g/mol. The van der Waals surface area contributed by atoms with Crippen LogP contribution in [0, 0.1) is 0 Å². The lowest BCUT2D eigenvalue weighted by Gasteiger charge is -2.31. The molecule has 0 spiro atoms. The van der Waals surface area contributed by atoms with E-state index in [9.17, 15) is 0 Å². The molecule has 2 rings (SSSR count). The van der Waals surface area contributed by atoms with E-state index in [1.807, 2.05) is 0 Å². The van der Waals surface area contributed by atoms with Crippen LogP contribution in [0.2, 0.25) is 0 Å². The molecule has 0 saturated carbocycles. The Bertz CT molecular complexity index is 117. The van der Waals surface area contributed by atoms with Gasteiger partial charge >= 0.3 is 0 Å². The van der Waals surface area contributed by atoms with Crippen molar-refractivity contribution in [3.05, 3.63) is 0 Å². The van der Waals surface area contributed by atoms with Crippen molar-refractivity contribution in [2.45, 2.75) is 12.5 Å². The molecule has 2 aliphatic heterocycles. The molecule has 0 aromatic rings. The van der Waals surface area contributed by atoms with Crippen LogP contribution in [-0.2, 0) is 4.74 Å². The zero-order valence-electron chi connectivity index (χ0n) is 6.83. The normalized spacial score (nSPS) is 34.4. The maximum atomic E-state index is 5.29. The molecule has 0 amide bonds. The quantitative estimate of drug-likeness (QED) is 0.519. The lowest BCUT2D eigenvalue weighted by Crippen LogP contribution is -2.44. The van der Waals surface area contributed by atoms with Gasteiger partial charge < -0.3 is 4.74 Å². The molecule has 2 heterocycles. The molecule has 2 fully saturated rings. The number of hydrogen-bond acceptors (Lipinski definition) is 2. The van der Waals surface area contributed by atoms with E-state index < -0.39 is 0 Å². The molecule has 11 heavy (non-hydrogen) atoms. The molecule has 1 atom stereocenters. The number of hydrogen-bond donors (Lipinski definition) is 0. The molecule has 0 aromatic carbocycles. The molecule has 3 nitrogen and oxygen atoms in total. The topological polar surface area (TPSA) is 26.6 Å². The summed E-state index contributed by atoms with van der Waals surface area (Å²) in [6.07, 6.45) is 1.26. The molecule has 2 aliphatic rings. The van der Waals surface area contributed by atoms with Gasteiger partial charge in [-0.2, -0.15) is 0 Å². The first-order valence-electron chi connectivity index (χ1n) is 4.42. The van der Waals surface area contributed by atoms with Crippen molar-refractivity contribution in [2.75, 3.05) is 39.4 Å². The summed E-state index contributed by atoms with van der Waals surface area (Å²) in [7, 11) is 0. The van der Waals surface area contributed by atoms with E-state index >= 15 is 0 Å². The number of ether oxygens (including phenoxy) is 1. The van der Waals surface area contributed by atoms with Crippen molar-refractivity contribution in [1.82, 2.24) is 10.2 Å². The molecule has 0 bridgehead atoms. The molecule has 0 aliphatic carbocycles. The van der Waals surface area contributed by atoms with Gasteiger partial charge in [0.25, 0.3) is 0 Å². The maximum Gasteiger partial charge on any atom is 0.0594 e. The summed E-state index contributed by atoms with van der Waals surface area (Å²) in [4.78, 5) is 2.51. The predicted octanol–water partition coefficient (Wildman–Crippen LogP) is -0.305. The highest BCUT2D eigenvalue weighted by Crippen LogP contribution is 2.10. The summed E-state index contributed by atoms with van der Waals surface area (Å²) in [5, 5.41) is 4.36. The van der Waals surface area contributed by atoms with Crippen molar-refractivity contribution < 1.29 is 4.74 Å². The standard InChI is InChI=1S/C8H15N2O/c1-2-9-7-8(1)10-3-5-11-6-4-10/h8H,1-7H2/t8-/m0/s1. The van der Waals surface area contributed by atoms with Gasteiger partial charge in [-0.15, -0.1) is 0 Å². The van der Waals surface area contributed by atoms with Gasteiger partial charge in [-0.05, 0) is 6.42 Å². The highest BCUT2D eigenvalue weighted by atomic mass is 16.5. The van der Waals surface area contributed by atoms with Gasteiger partial charge in [0, 0.05) is 32.2 Å². The average molecular weight is 155 g/mol. The fourth-order valence-electron chi connectivity index (χ4n) is 1.81.